The summed E-state index contributed by atoms with van der Waals surface area (Å²) in [7, 11) is 0. The van der Waals surface area contributed by atoms with Crippen LogP contribution in [0.4, 0.5) is 0 Å². The van der Waals surface area contributed by atoms with E-state index in [-0.39, 0.29) is 18.4 Å². The fourth-order valence-corrected chi connectivity index (χ4v) is 2.05. The van der Waals surface area contributed by atoms with Crippen molar-refractivity contribution in [2.24, 2.45) is 11.7 Å². The highest BCUT2D eigenvalue weighted by Gasteiger charge is 2.28. The van der Waals surface area contributed by atoms with Crippen LogP contribution in [0.15, 0.2) is 24.3 Å². The number of hydrogen-bond donors (Lipinski definition) is 2. The summed E-state index contributed by atoms with van der Waals surface area (Å²) in [4.78, 5) is 13.5. The second kappa shape index (κ2) is 6.87. The molecular formula is C16H24N6O. The molecule has 2 rings (SSSR count). The van der Waals surface area contributed by atoms with Gasteiger partial charge in [0.15, 0.2) is 0 Å². The van der Waals surface area contributed by atoms with Crippen LogP contribution in [-0.2, 0) is 11.3 Å². The number of hydrogen-bond acceptors (Lipinski definition) is 5. The minimum Gasteiger partial charge on any atom is -0.348 e. The topological polar surface area (TPSA) is 98.7 Å². The van der Waals surface area contributed by atoms with Gasteiger partial charge in [-0.2, -0.15) is 4.80 Å². The molecule has 0 saturated carbocycles. The Morgan fingerprint density at radius 1 is 1.35 bits per heavy atom. The van der Waals surface area contributed by atoms with E-state index in [1.54, 1.807) is 0 Å². The monoisotopic (exact) mass is 316 g/mol. The zero-order chi connectivity index (χ0) is 17.0. The maximum atomic E-state index is 12.2. The Morgan fingerprint density at radius 2 is 2.00 bits per heavy atom. The van der Waals surface area contributed by atoms with Gasteiger partial charge in [-0.3, -0.25) is 4.79 Å². The lowest BCUT2D eigenvalue weighted by molar-refractivity contribution is -0.124. The van der Waals surface area contributed by atoms with Gasteiger partial charge in [-0.15, -0.1) is 10.2 Å². The molecule has 124 valence electrons. The average molecular weight is 316 g/mol. The van der Waals surface area contributed by atoms with Crippen LogP contribution in [-0.4, -0.2) is 38.2 Å². The number of carbonyl (C=O) groups is 1. The first-order chi connectivity index (χ1) is 10.8. The van der Waals surface area contributed by atoms with Crippen molar-refractivity contribution in [1.29, 1.82) is 0 Å². The molecule has 0 saturated heterocycles. The number of nitrogens with two attached hydrogens (primary N) is 1. The number of tetrazole rings is 1. The SMILES string of the molecule is Cc1ccc(-c2nnn(CC(=O)NC(C)(CN)C(C)C)n2)cc1. The molecule has 2 aromatic rings. The van der Waals surface area contributed by atoms with Gasteiger partial charge in [0.2, 0.25) is 11.7 Å². The summed E-state index contributed by atoms with van der Waals surface area (Å²) < 4.78 is 0. The number of aryl methyl sites for hydroxylation is 1. The van der Waals surface area contributed by atoms with Crippen molar-refractivity contribution in [3.05, 3.63) is 29.8 Å². The Balaban J connectivity index is 2.04. The quantitative estimate of drug-likeness (QED) is 0.832. The summed E-state index contributed by atoms with van der Waals surface area (Å²) in [6.45, 7) is 8.38. The highest BCUT2D eigenvalue weighted by Crippen LogP contribution is 2.15. The van der Waals surface area contributed by atoms with E-state index in [1.807, 2.05) is 52.0 Å². The molecule has 0 aliphatic rings. The van der Waals surface area contributed by atoms with E-state index >= 15 is 0 Å². The van der Waals surface area contributed by atoms with E-state index in [0.717, 1.165) is 11.1 Å². The van der Waals surface area contributed by atoms with Crippen molar-refractivity contribution in [2.75, 3.05) is 6.54 Å². The van der Waals surface area contributed by atoms with Crippen LogP contribution < -0.4 is 11.1 Å². The predicted molar refractivity (Wildman–Crippen MR) is 88.4 cm³/mol. The van der Waals surface area contributed by atoms with Gasteiger partial charge < -0.3 is 11.1 Å². The van der Waals surface area contributed by atoms with E-state index in [0.29, 0.717) is 12.4 Å². The Bertz CT molecular complexity index is 663. The standard InChI is InChI=1S/C16H24N6O/c1-11(2)16(4,10-17)18-14(23)9-22-20-15(19-21-22)13-7-5-12(3)6-8-13/h5-8,11H,9-10,17H2,1-4H3,(H,18,23). The molecule has 0 aliphatic carbocycles. The van der Waals surface area contributed by atoms with E-state index < -0.39 is 5.54 Å². The van der Waals surface area contributed by atoms with Crippen LogP contribution >= 0.6 is 0 Å². The average Bonchev–Trinajstić information content (AvgIpc) is 2.95. The lowest BCUT2D eigenvalue weighted by Crippen LogP contribution is -2.55. The van der Waals surface area contributed by atoms with E-state index in [1.165, 1.54) is 4.80 Å². The molecule has 0 spiro atoms. The molecule has 7 heteroatoms. The molecule has 23 heavy (non-hydrogen) atoms. The first kappa shape index (κ1) is 17.1. The summed E-state index contributed by atoms with van der Waals surface area (Å²) in [5.41, 5.74) is 7.36. The summed E-state index contributed by atoms with van der Waals surface area (Å²) >= 11 is 0. The Kier molecular flexibility index (Phi) is 5.10. The number of benzene rings is 1. The van der Waals surface area contributed by atoms with Crippen molar-refractivity contribution >= 4 is 5.91 Å². The van der Waals surface area contributed by atoms with Crippen LogP contribution in [0.5, 0.6) is 0 Å². The molecule has 1 heterocycles. The molecule has 0 radical (unpaired) electrons. The van der Waals surface area contributed by atoms with Crippen LogP contribution in [0.2, 0.25) is 0 Å². The van der Waals surface area contributed by atoms with Crippen molar-refractivity contribution in [3.63, 3.8) is 0 Å². The molecule has 1 unspecified atom stereocenters. The molecule has 0 bridgehead atoms. The highest BCUT2D eigenvalue weighted by atomic mass is 16.2. The van der Waals surface area contributed by atoms with Crippen LogP contribution in [0.25, 0.3) is 11.4 Å². The van der Waals surface area contributed by atoms with E-state index in [2.05, 4.69) is 20.7 Å². The predicted octanol–water partition coefficient (Wildman–Crippen LogP) is 1.14. The molecule has 1 aromatic carbocycles. The van der Waals surface area contributed by atoms with Crippen LogP contribution in [0, 0.1) is 12.8 Å². The lowest BCUT2D eigenvalue weighted by Gasteiger charge is -2.33. The first-order valence-corrected chi connectivity index (χ1v) is 7.70. The molecule has 1 aromatic heterocycles. The molecule has 3 N–H and O–H groups in total. The smallest absolute Gasteiger partial charge is 0.244 e. The number of rotatable bonds is 6. The number of nitrogens with one attached hydrogen (secondary N) is 1. The number of aromatic nitrogens is 4. The van der Waals surface area contributed by atoms with Crippen molar-refractivity contribution in [1.82, 2.24) is 25.5 Å². The van der Waals surface area contributed by atoms with Crippen molar-refractivity contribution in [2.45, 2.75) is 39.8 Å². The molecule has 7 nitrogen and oxygen atoms in total. The summed E-state index contributed by atoms with van der Waals surface area (Å²) in [5, 5.41) is 15.1. The summed E-state index contributed by atoms with van der Waals surface area (Å²) in [6, 6.07) is 7.83. The summed E-state index contributed by atoms with van der Waals surface area (Å²) in [6.07, 6.45) is 0. The fourth-order valence-electron chi connectivity index (χ4n) is 2.05. The second-order valence-corrected chi connectivity index (χ2v) is 6.33. The third-order valence-electron chi connectivity index (χ3n) is 4.17. The zero-order valence-corrected chi connectivity index (χ0v) is 14.1. The Hall–Kier alpha value is -2.28. The van der Waals surface area contributed by atoms with Gasteiger partial charge >= 0.3 is 0 Å². The van der Waals surface area contributed by atoms with Gasteiger partial charge in [0, 0.05) is 12.1 Å². The number of amides is 1. The van der Waals surface area contributed by atoms with Crippen LogP contribution in [0.1, 0.15) is 26.3 Å². The number of carbonyl (C=O) groups excluding carboxylic acids is 1. The minimum absolute atomic E-state index is 0.0151. The minimum atomic E-state index is -0.447. The largest absolute Gasteiger partial charge is 0.348 e. The fraction of sp³-hybridized carbons (Fsp3) is 0.500. The maximum Gasteiger partial charge on any atom is 0.244 e. The van der Waals surface area contributed by atoms with E-state index in [9.17, 15) is 4.79 Å². The van der Waals surface area contributed by atoms with Crippen LogP contribution in [0.3, 0.4) is 0 Å². The van der Waals surface area contributed by atoms with Gasteiger partial charge in [0.05, 0.1) is 5.54 Å². The van der Waals surface area contributed by atoms with Gasteiger partial charge in [-0.1, -0.05) is 43.7 Å². The summed E-state index contributed by atoms with van der Waals surface area (Å²) in [5.74, 6) is 0.547. The van der Waals surface area contributed by atoms with Crippen molar-refractivity contribution < 1.29 is 4.79 Å². The normalized spacial score (nSPS) is 13.8. The van der Waals surface area contributed by atoms with Crippen molar-refractivity contribution in [3.8, 4) is 11.4 Å². The Labute approximate surface area is 136 Å². The molecule has 1 atom stereocenters. The van der Waals surface area contributed by atoms with Gasteiger partial charge in [-0.25, -0.2) is 0 Å². The van der Waals surface area contributed by atoms with Gasteiger partial charge in [0.1, 0.15) is 6.54 Å². The Morgan fingerprint density at radius 3 is 2.57 bits per heavy atom. The highest BCUT2D eigenvalue weighted by molar-refractivity contribution is 5.76. The maximum absolute atomic E-state index is 12.2. The molecule has 1 amide bonds. The molecular weight excluding hydrogens is 292 g/mol. The second-order valence-electron chi connectivity index (χ2n) is 6.33. The van der Waals surface area contributed by atoms with Gasteiger partial charge in [0.25, 0.3) is 0 Å². The third kappa shape index (κ3) is 4.13. The molecule has 0 fully saturated rings. The first-order valence-electron chi connectivity index (χ1n) is 7.70. The van der Waals surface area contributed by atoms with Gasteiger partial charge in [-0.05, 0) is 25.0 Å². The van der Waals surface area contributed by atoms with E-state index in [4.69, 9.17) is 5.73 Å². The third-order valence-corrected chi connectivity index (χ3v) is 4.17. The zero-order valence-electron chi connectivity index (χ0n) is 14.1. The lowest BCUT2D eigenvalue weighted by atomic mass is 9.88. The number of nitrogens with zero attached hydrogens (tertiary/aromatic N) is 4. The molecule has 0 aliphatic heterocycles.